The molecule has 3 rings (SSSR count). The van der Waals surface area contributed by atoms with Crippen LogP contribution in [0.4, 0.5) is 5.95 Å². The monoisotopic (exact) mass is 360 g/mol. The molecular weight excluding hydrogens is 332 g/mol. The molecule has 2 aliphatic rings. The molecule has 2 amide bonds. The van der Waals surface area contributed by atoms with E-state index in [4.69, 9.17) is 0 Å². The largest absolute Gasteiger partial charge is 0.347 e. The lowest BCUT2D eigenvalue weighted by atomic mass is 10.2. The zero-order valence-electron chi connectivity index (χ0n) is 15.7. The lowest BCUT2D eigenvalue weighted by Crippen LogP contribution is -2.50. The normalized spacial score (nSPS) is 21.1. The highest BCUT2D eigenvalue weighted by atomic mass is 16.2. The number of carbonyl (C=O) groups excluding carboxylic acids is 2. The molecule has 0 aliphatic carbocycles. The first kappa shape index (κ1) is 18.6. The molecule has 8 nitrogen and oxygen atoms in total. The fourth-order valence-corrected chi connectivity index (χ4v) is 3.68. The van der Waals surface area contributed by atoms with Gasteiger partial charge in [0.05, 0.1) is 6.04 Å². The van der Waals surface area contributed by atoms with Gasteiger partial charge in [-0.1, -0.05) is 0 Å². The number of aromatic nitrogens is 2. The Balaban J connectivity index is 1.45. The third-order valence-electron chi connectivity index (χ3n) is 5.17. The average Bonchev–Trinajstić information content (AvgIpc) is 3.14. The van der Waals surface area contributed by atoms with Crippen LogP contribution in [0.2, 0.25) is 0 Å². The molecule has 0 aromatic carbocycles. The molecule has 2 fully saturated rings. The van der Waals surface area contributed by atoms with E-state index in [1.165, 1.54) is 0 Å². The zero-order valence-corrected chi connectivity index (χ0v) is 15.7. The molecule has 2 saturated heterocycles. The molecule has 26 heavy (non-hydrogen) atoms. The molecule has 0 spiro atoms. The minimum atomic E-state index is -0.0649. The first-order chi connectivity index (χ1) is 12.6. The molecule has 8 heteroatoms. The summed E-state index contributed by atoms with van der Waals surface area (Å²) < 4.78 is 0. The number of nitrogens with zero attached hydrogens (tertiary/aromatic N) is 6. The number of likely N-dealkylation sites (N-methyl/N-ethyl adjacent to an activating group) is 1. The highest BCUT2D eigenvalue weighted by molar-refractivity contribution is 5.82. The van der Waals surface area contributed by atoms with Crippen LogP contribution in [-0.2, 0) is 9.59 Å². The first-order valence-electron chi connectivity index (χ1n) is 9.31. The quantitative estimate of drug-likeness (QED) is 0.740. The van der Waals surface area contributed by atoms with Crippen molar-refractivity contribution in [3.63, 3.8) is 0 Å². The summed E-state index contributed by atoms with van der Waals surface area (Å²) >= 11 is 0. The molecule has 0 N–H and O–H groups in total. The van der Waals surface area contributed by atoms with Crippen molar-refractivity contribution >= 4 is 17.8 Å². The number of amides is 2. The van der Waals surface area contributed by atoms with Gasteiger partial charge in [-0.3, -0.25) is 14.5 Å². The van der Waals surface area contributed by atoms with Crippen LogP contribution in [-0.4, -0.2) is 95.9 Å². The van der Waals surface area contributed by atoms with Gasteiger partial charge in [-0.15, -0.1) is 0 Å². The van der Waals surface area contributed by atoms with E-state index in [1.807, 2.05) is 4.90 Å². The third-order valence-corrected chi connectivity index (χ3v) is 5.17. The molecule has 1 aromatic rings. The molecule has 0 radical (unpaired) electrons. The van der Waals surface area contributed by atoms with E-state index in [2.05, 4.69) is 19.8 Å². The van der Waals surface area contributed by atoms with Crippen molar-refractivity contribution < 1.29 is 9.59 Å². The number of hydrogen-bond donors (Lipinski definition) is 0. The Morgan fingerprint density at radius 2 is 1.81 bits per heavy atom. The molecule has 1 atom stereocenters. The molecule has 3 heterocycles. The van der Waals surface area contributed by atoms with E-state index in [-0.39, 0.29) is 17.9 Å². The molecule has 1 aromatic heterocycles. The highest BCUT2D eigenvalue weighted by Gasteiger charge is 2.32. The van der Waals surface area contributed by atoms with Crippen LogP contribution < -0.4 is 4.90 Å². The fraction of sp³-hybridized carbons (Fsp3) is 0.667. The van der Waals surface area contributed by atoms with Crippen molar-refractivity contribution in [2.45, 2.75) is 25.3 Å². The first-order valence-corrected chi connectivity index (χ1v) is 9.31. The van der Waals surface area contributed by atoms with Crippen molar-refractivity contribution in [3.05, 3.63) is 18.5 Å². The van der Waals surface area contributed by atoms with E-state index in [0.717, 1.165) is 38.4 Å². The Labute approximate surface area is 154 Å². The van der Waals surface area contributed by atoms with Gasteiger partial charge in [-0.25, -0.2) is 9.97 Å². The van der Waals surface area contributed by atoms with Gasteiger partial charge in [0.2, 0.25) is 17.8 Å². The van der Waals surface area contributed by atoms with Crippen molar-refractivity contribution in [2.24, 2.45) is 0 Å². The summed E-state index contributed by atoms with van der Waals surface area (Å²) in [4.78, 5) is 41.2. The number of carbonyl (C=O) groups is 2. The summed E-state index contributed by atoms with van der Waals surface area (Å²) in [5.74, 6) is 1.04. The highest BCUT2D eigenvalue weighted by Crippen LogP contribution is 2.19. The Kier molecular flexibility index (Phi) is 6.03. The lowest BCUT2D eigenvalue weighted by Gasteiger charge is -2.35. The predicted octanol–water partition coefficient (Wildman–Crippen LogP) is 0.0679. The second-order valence-corrected chi connectivity index (χ2v) is 7.09. The van der Waals surface area contributed by atoms with E-state index in [1.54, 1.807) is 37.5 Å². The Bertz CT molecular complexity index is 615. The van der Waals surface area contributed by atoms with Crippen LogP contribution in [0.25, 0.3) is 0 Å². The van der Waals surface area contributed by atoms with Gasteiger partial charge in [-0.05, 0) is 25.5 Å². The molecule has 2 aliphatic heterocycles. The van der Waals surface area contributed by atoms with Crippen LogP contribution in [0.1, 0.15) is 19.3 Å². The van der Waals surface area contributed by atoms with Gasteiger partial charge in [0.1, 0.15) is 0 Å². The maximum Gasteiger partial charge on any atom is 0.239 e. The van der Waals surface area contributed by atoms with Gasteiger partial charge >= 0.3 is 0 Å². The summed E-state index contributed by atoms with van der Waals surface area (Å²) in [7, 11) is 3.58. The third kappa shape index (κ3) is 4.30. The second-order valence-electron chi connectivity index (χ2n) is 7.09. The van der Waals surface area contributed by atoms with Gasteiger partial charge in [0.25, 0.3) is 0 Å². The van der Waals surface area contributed by atoms with Crippen molar-refractivity contribution in [1.29, 1.82) is 0 Å². The fourth-order valence-electron chi connectivity index (χ4n) is 3.68. The molecule has 142 valence electrons. The molecule has 0 saturated carbocycles. The number of likely N-dealkylation sites (tertiary alicyclic amines) is 1. The number of piperazine rings is 1. The smallest absolute Gasteiger partial charge is 0.239 e. The van der Waals surface area contributed by atoms with Crippen LogP contribution in [0, 0.1) is 0 Å². The topological polar surface area (TPSA) is 72.9 Å². The lowest BCUT2D eigenvalue weighted by molar-refractivity contribution is -0.135. The van der Waals surface area contributed by atoms with Gasteiger partial charge in [0.15, 0.2) is 0 Å². The van der Waals surface area contributed by atoms with E-state index in [0.29, 0.717) is 26.1 Å². The number of rotatable bonds is 5. The van der Waals surface area contributed by atoms with Crippen LogP contribution in [0.5, 0.6) is 0 Å². The Hall–Kier alpha value is -2.22. The average molecular weight is 360 g/mol. The second kappa shape index (κ2) is 8.44. The van der Waals surface area contributed by atoms with E-state index < -0.39 is 0 Å². The summed E-state index contributed by atoms with van der Waals surface area (Å²) in [5.41, 5.74) is 0. The number of hydrogen-bond acceptors (Lipinski definition) is 6. The van der Waals surface area contributed by atoms with Crippen molar-refractivity contribution in [3.8, 4) is 0 Å². The number of anilines is 1. The minimum Gasteiger partial charge on any atom is -0.347 e. The van der Waals surface area contributed by atoms with Gasteiger partial charge < -0.3 is 14.7 Å². The SMILES string of the molecule is CN(C)C(=O)[C@@H]1CCCN1CCC(=O)N1CCN(c2ncccn2)CC1. The molecule has 0 unspecified atom stereocenters. The van der Waals surface area contributed by atoms with Crippen LogP contribution in [0.15, 0.2) is 18.5 Å². The maximum absolute atomic E-state index is 12.6. The molecular formula is C18H28N6O2. The van der Waals surface area contributed by atoms with Crippen molar-refractivity contribution in [2.75, 3.05) is 58.3 Å². The minimum absolute atomic E-state index is 0.0649. The van der Waals surface area contributed by atoms with Crippen molar-refractivity contribution in [1.82, 2.24) is 24.7 Å². The summed E-state index contributed by atoms with van der Waals surface area (Å²) in [5, 5.41) is 0. The van der Waals surface area contributed by atoms with Crippen LogP contribution in [0.3, 0.4) is 0 Å². The van der Waals surface area contributed by atoms with E-state index >= 15 is 0 Å². The predicted molar refractivity (Wildman–Crippen MR) is 98.7 cm³/mol. The van der Waals surface area contributed by atoms with Crippen LogP contribution >= 0.6 is 0 Å². The summed E-state index contributed by atoms with van der Waals surface area (Å²) in [6, 6.07) is 1.74. The van der Waals surface area contributed by atoms with Gasteiger partial charge in [0, 0.05) is 65.6 Å². The Morgan fingerprint density at radius 3 is 2.46 bits per heavy atom. The maximum atomic E-state index is 12.6. The standard InChI is InChI=1S/C18H28N6O2/c1-21(2)17(26)15-5-3-9-22(15)10-6-16(25)23-11-13-24(14-12-23)18-19-7-4-8-20-18/h4,7-8,15H,3,5-6,9-14H2,1-2H3/t15-/m0/s1. The van der Waals surface area contributed by atoms with E-state index in [9.17, 15) is 9.59 Å². The summed E-state index contributed by atoms with van der Waals surface area (Å²) in [6.07, 6.45) is 5.86. The Morgan fingerprint density at radius 1 is 1.12 bits per heavy atom. The molecule has 0 bridgehead atoms. The summed E-state index contributed by atoms with van der Waals surface area (Å²) in [6.45, 7) is 4.44. The van der Waals surface area contributed by atoms with Gasteiger partial charge in [-0.2, -0.15) is 0 Å². The zero-order chi connectivity index (χ0) is 18.5.